The summed E-state index contributed by atoms with van der Waals surface area (Å²) in [6, 6.07) is 0. The molecule has 5 nitrogen and oxygen atoms in total. The third kappa shape index (κ3) is 3.01. The first kappa shape index (κ1) is 14.9. The van der Waals surface area contributed by atoms with Crippen LogP contribution in [-0.4, -0.2) is 31.8 Å². The van der Waals surface area contributed by atoms with Gasteiger partial charge in [-0.15, -0.1) is 11.3 Å². The first-order valence-corrected chi connectivity index (χ1v) is 6.27. The number of halogens is 2. The molecule has 18 heavy (non-hydrogen) atoms. The standard InChI is InChI=1S/C10H9Cl2NO4S/c1-5(15)13(3-7(16)17-2)9-6(4-14)18-10(12)8(9)11/h4H,3H2,1-2H3. The Hall–Kier alpha value is -1.11. The number of methoxy groups -OCH3 is 1. The highest BCUT2D eigenvalue weighted by molar-refractivity contribution is 7.19. The molecule has 0 spiro atoms. The summed E-state index contributed by atoms with van der Waals surface area (Å²) < 4.78 is 4.66. The minimum absolute atomic E-state index is 0.0721. The Morgan fingerprint density at radius 2 is 2.06 bits per heavy atom. The van der Waals surface area contributed by atoms with Crippen LogP contribution in [0.3, 0.4) is 0 Å². The maximum absolute atomic E-state index is 11.5. The summed E-state index contributed by atoms with van der Waals surface area (Å²) in [4.78, 5) is 34.9. The Kier molecular flexibility index (Phi) is 5.13. The van der Waals surface area contributed by atoms with E-state index in [0.717, 1.165) is 16.2 Å². The van der Waals surface area contributed by atoms with Crippen molar-refractivity contribution in [2.75, 3.05) is 18.6 Å². The molecule has 1 aromatic rings. The van der Waals surface area contributed by atoms with Crippen molar-refractivity contribution in [3.63, 3.8) is 0 Å². The monoisotopic (exact) mass is 309 g/mol. The molecule has 1 amide bonds. The Morgan fingerprint density at radius 1 is 1.44 bits per heavy atom. The van der Waals surface area contributed by atoms with Crippen LogP contribution in [-0.2, 0) is 14.3 Å². The molecule has 8 heteroatoms. The molecular formula is C10H9Cl2NO4S. The quantitative estimate of drug-likeness (QED) is 0.633. The highest BCUT2D eigenvalue weighted by Gasteiger charge is 2.25. The zero-order valence-electron chi connectivity index (χ0n) is 9.53. The molecule has 0 aliphatic heterocycles. The van der Waals surface area contributed by atoms with E-state index in [1.54, 1.807) is 0 Å². The maximum Gasteiger partial charge on any atom is 0.325 e. The average Bonchev–Trinajstić information content (AvgIpc) is 2.62. The summed E-state index contributed by atoms with van der Waals surface area (Å²) in [6.45, 7) is 0.916. The molecule has 0 radical (unpaired) electrons. The van der Waals surface area contributed by atoms with Crippen LogP contribution in [0.5, 0.6) is 0 Å². The number of carbonyl (C=O) groups excluding carboxylic acids is 3. The lowest BCUT2D eigenvalue weighted by Gasteiger charge is -2.19. The van der Waals surface area contributed by atoms with E-state index in [4.69, 9.17) is 23.2 Å². The molecule has 0 unspecified atom stereocenters. The Labute approximate surface area is 117 Å². The summed E-state index contributed by atoms with van der Waals surface area (Å²) >= 11 is 12.7. The van der Waals surface area contributed by atoms with Crippen molar-refractivity contribution in [2.24, 2.45) is 0 Å². The van der Waals surface area contributed by atoms with E-state index in [1.807, 2.05) is 0 Å². The fraction of sp³-hybridized carbons (Fsp3) is 0.300. The van der Waals surface area contributed by atoms with Crippen LogP contribution >= 0.6 is 34.5 Å². The van der Waals surface area contributed by atoms with Gasteiger partial charge in [0.25, 0.3) is 0 Å². The molecule has 1 heterocycles. The second kappa shape index (κ2) is 6.17. The molecule has 1 rings (SSSR count). The predicted octanol–water partition coefficient (Wildman–Crippen LogP) is 2.39. The number of aldehydes is 1. The number of ether oxygens (including phenoxy) is 1. The third-order valence-corrected chi connectivity index (χ3v) is 3.98. The van der Waals surface area contributed by atoms with E-state index < -0.39 is 11.9 Å². The molecule has 0 aliphatic carbocycles. The van der Waals surface area contributed by atoms with Gasteiger partial charge in [0.05, 0.1) is 22.7 Å². The van der Waals surface area contributed by atoms with E-state index in [-0.39, 0.29) is 26.5 Å². The summed E-state index contributed by atoms with van der Waals surface area (Å²) in [5.41, 5.74) is 0.138. The second-order valence-electron chi connectivity index (χ2n) is 3.20. The van der Waals surface area contributed by atoms with E-state index >= 15 is 0 Å². The number of thiophene rings is 1. The number of anilines is 1. The van der Waals surface area contributed by atoms with Crippen molar-refractivity contribution in [1.29, 1.82) is 0 Å². The van der Waals surface area contributed by atoms with Gasteiger partial charge < -0.3 is 4.74 Å². The lowest BCUT2D eigenvalue weighted by molar-refractivity contribution is -0.139. The van der Waals surface area contributed by atoms with Crippen LogP contribution in [0.4, 0.5) is 5.69 Å². The first-order chi connectivity index (χ1) is 8.42. The van der Waals surface area contributed by atoms with Gasteiger partial charge in [0, 0.05) is 6.92 Å². The van der Waals surface area contributed by atoms with Crippen LogP contribution in [0.2, 0.25) is 9.36 Å². The molecule has 1 aromatic heterocycles. The van der Waals surface area contributed by atoms with Crippen molar-refractivity contribution in [1.82, 2.24) is 0 Å². The summed E-state index contributed by atoms with van der Waals surface area (Å²) in [6.07, 6.45) is 0.533. The number of hydrogen-bond acceptors (Lipinski definition) is 5. The van der Waals surface area contributed by atoms with E-state index in [9.17, 15) is 14.4 Å². The highest BCUT2D eigenvalue weighted by Crippen LogP contribution is 2.42. The molecule has 0 bridgehead atoms. The molecule has 0 fully saturated rings. The van der Waals surface area contributed by atoms with Crippen molar-refractivity contribution in [3.8, 4) is 0 Å². The number of hydrogen-bond donors (Lipinski definition) is 0. The van der Waals surface area contributed by atoms with Gasteiger partial charge in [0.15, 0.2) is 6.29 Å². The molecule has 0 saturated carbocycles. The molecule has 0 atom stereocenters. The van der Waals surface area contributed by atoms with Crippen molar-refractivity contribution < 1.29 is 19.1 Å². The SMILES string of the molecule is COC(=O)CN(C(C)=O)c1c(C=O)sc(Cl)c1Cl. The van der Waals surface area contributed by atoms with Gasteiger partial charge in [-0.1, -0.05) is 23.2 Å². The predicted molar refractivity (Wildman–Crippen MR) is 69.8 cm³/mol. The molecule has 98 valence electrons. The molecular weight excluding hydrogens is 301 g/mol. The van der Waals surface area contributed by atoms with Gasteiger partial charge in [-0.3, -0.25) is 19.3 Å². The normalized spacial score (nSPS) is 10.0. The average molecular weight is 310 g/mol. The number of esters is 1. The first-order valence-electron chi connectivity index (χ1n) is 4.70. The second-order valence-corrected chi connectivity index (χ2v) is 5.23. The topological polar surface area (TPSA) is 63.7 Å². The summed E-state index contributed by atoms with van der Waals surface area (Å²) in [5.74, 6) is -1.07. The maximum atomic E-state index is 11.5. The van der Waals surface area contributed by atoms with E-state index in [2.05, 4.69) is 4.74 Å². The Bertz CT molecular complexity index is 500. The van der Waals surface area contributed by atoms with Gasteiger partial charge in [0.1, 0.15) is 10.9 Å². The number of nitrogens with zero attached hydrogens (tertiary/aromatic N) is 1. The lowest BCUT2D eigenvalue weighted by Crippen LogP contribution is -2.35. The minimum atomic E-state index is -0.625. The zero-order chi connectivity index (χ0) is 13.9. The Morgan fingerprint density at radius 3 is 2.50 bits per heavy atom. The highest BCUT2D eigenvalue weighted by atomic mass is 35.5. The summed E-state index contributed by atoms with van der Waals surface area (Å²) in [5, 5.41) is 0.0721. The van der Waals surface area contributed by atoms with Crippen molar-refractivity contribution in [2.45, 2.75) is 6.92 Å². The fourth-order valence-corrected chi connectivity index (χ4v) is 2.71. The molecule has 0 saturated heterocycles. The van der Waals surface area contributed by atoms with Gasteiger partial charge in [-0.05, 0) is 0 Å². The van der Waals surface area contributed by atoms with E-state index in [0.29, 0.717) is 6.29 Å². The van der Waals surface area contributed by atoms with E-state index in [1.165, 1.54) is 14.0 Å². The third-order valence-electron chi connectivity index (χ3n) is 2.09. The summed E-state index contributed by atoms with van der Waals surface area (Å²) in [7, 11) is 1.20. The van der Waals surface area contributed by atoms with Gasteiger partial charge in [-0.2, -0.15) is 0 Å². The molecule has 0 N–H and O–H groups in total. The van der Waals surface area contributed by atoms with Crippen LogP contribution in [0.25, 0.3) is 0 Å². The van der Waals surface area contributed by atoms with Crippen LogP contribution in [0.15, 0.2) is 0 Å². The molecule has 0 aliphatic rings. The molecule has 0 aromatic carbocycles. The van der Waals surface area contributed by atoms with Crippen LogP contribution < -0.4 is 4.90 Å². The van der Waals surface area contributed by atoms with Gasteiger partial charge >= 0.3 is 5.97 Å². The number of carbonyl (C=O) groups is 3. The number of rotatable bonds is 4. The smallest absolute Gasteiger partial charge is 0.325 e. The van der Waals surface area contributed by atoms with Crippen molar-refractivity contribution in [3.05, 3.63) is 14.2 Å². The fourth-order valence-electron chi connectivity index (χ4n) is 1.26. The lowest BCUT2D eigenvalue weighted by atomic mass is 10.3. The van der Waals surface area contributed by atoms with Gasteiger partial charge in [-0.25, -0.2) is 0 Å². The largest absolute Gasteiger partial charge is 0.468 e. The van der Waals surface area contributed by atoms with Crippen LogP contribution in [0.1, 0.15) is 16.6 Å². The van der Waals surface area contributed by atoms with Crippen LogP contribution in [0, 0.1) is 0 Å². The van der Waals surface area contributed by atoms with Gasteiger partial charge in [0.2, 0.25) is 5.91 Å². The minimum Gasteiger partial charge on any atom is -0.468 e. The number of amides is 1. The zero-order valence-corrected chi connectivity index (χ0v) is 11.9. The Balaban J connectivity index is 3.25. The van der Waals surface area contributed by atoms with Crippen molar-refractivity contribution >= 4 is 58.4 Å².